The average molecular weight is 280 g/mol. The van der Waals surface area contributed by atoms with Crippen molar-refractivity contribution in [2.24, 2.45) is 5.73 Å². The lowest BCUT2D eigenvalue weighted by Crippen LogP contribution is -2.22. The van der Waals surface area contributed by atoms with Crippen molar-refractivity contribution in [1.29, 1.82) is 0 Å². The molecular weight excluding hydrogens is 266 g/mol. The Morgan fingerprint density at radius 2 is 1.76 bits per heavy atom. The molecule has 0 spiro atoms. The van der Waals surface area contributed by atoms with Gasteiger partial charge in [-0.05, 0) is 17.7 Å². The molecule has 1 rings (SSSR count). The molecular formula is C10H14ClNO4S. The van der Waals surface area contributed by atoms with Gasteiger partial charge in [0.2, 0.25) is 0 Å². The Morgan fingerprint density at radius 3 is 2.12 bits per heavy atom. The molecule has 1 unspecified atom stereocenters. The van der Waals surface area contributed by atoms with Gasteiger partial charge in [-0.2, -0.15) is 0 Å². The van der Waals surface area contributed by atoms with E-state index in [1.165, 1.54) is 31.4 Å². The molecule has 0 radical (unpaired) electrons. The number of halogens is 1. The minimum absolute atomic E-state index is 0. The summed E-state index contributed by atoms with van der Waals surface area (Å²) < 4.78 is 26.8. The summed E-state index contributed by atoms with van der Waals surface area (Å²) in [5.74, 6) is -0.563. The number of hydrogen-bond acceptors (Lipinski definition) is 5. The lowest BCUT2D eigenvalue weighted by atomic mass is 10.1. The molecule has 0 aliphatic carbocycles. The van der Waals surface area contributed by atoms with Crippen LogP contribution < -0.4 is 5.73 Å². The van der Waals surface area contributed by atoms with E-state index in [-0.39, 0.29) is 17.3 Å². The second-order valence-electron chi connectivity index (χ2n) is 3.34. The Morgan fingerprint density at radius 1 is 1.29 bits per heavy atom. The van der Waals surface area contributed by atoms with Gasteiger partial charge in [-0.1, -0.05) is 12.1 Å². The summed E-state index contributed by atoms with van der Waals surface area (Å²) in [7, 11) is -1.98. The summed E-state index contributed by atoms with van der Waals surface area (Å²) in [4.78, 5) is 11.3. The van der Waals surface area contributed by atoms with E-state index in [4.69, 9.17) is 5.73 Å². The van der Waals surface area contributed by atoms with Crippen LogP contribution in [0.1, 0.15) is 11.6 Å². The van der Waals surface area contributed by atoms with Gasteiger partial charge >= 0.3 is 5.97 Å². The van der Waals surface area contributed by atoms with E-state index in [2.05, 4.69) is 4.74 Å². The Labute approximate surface area is 106 Å². The van der Waals surface area contributed by atoms with Gasteiger partial charge in [-0.15, -0.1) is 12.4 Å². The third kappa shape index (κ3) is 3.99. The number of esters is 1. The van der Waals surface area contributed by atoms with Crippen molar-refractivity contribution in [3.05, 3.63) is 29.8 Å². The van der Waals surface area contributed by atoms with Crippen LogP contribution in [0.5, 0.6) is 0 Å². The Kier molecular flexibility index (Phi) is 5.60. The van der Waals surface area contributed by atoms with E-state index in [9.17, 15) is 13.2 Å². The molecule has 0 fully saturated rings. The molecule has 5 nitrogen and oxygen atoms in total. The molecule has 2 N–H and O–H groups in total. The third-order valence-electron chi connectivity index (χ3n) is 2.12. The van der Waals surface area contributed by atoms with Crippen LogP contribution in [0, 0.1) is 0 Å². The van der Waals surface area contributed by atoms with Crippen molar-refractivity contribution in [1.82, 2.24) is 0 Å². The number of rotatable bonds is 3. The SMILES string of the molecule is COC(=O)C(N)c1ccc(S(C)(=O)=O)cc1.Cl. The molecule has 0 saturated heterocycles. The van der Waals surface area contributed by atoms with Crippen LogP contribution in [-0.2, 0) is 19.4 Å². The molecule has 0 bridgehead atoms. The maximum Gasteiger partial charge on any atom is 0.327 e. The average Bonchev–Trinajstić information content (AvgIpc) is 2.26. The van der Waals surface area contributed by atoms with Gasteiger partial charge in [-0.3, -0.25) is 4.79 Å². The summed E-state index contributed by atoms with van der Waals surface area (Å²) in [6.45, 7) is 0. The van der Waals surface area contributed by atoms with Crippen molar-refractivity contribution in [3.63, 3.8) is 0 Å². The van der Waals surface area contributed by atoms with Crippen molar-refractivity contribution < 1.29 is 17.9 Å². The molecule has 96 valence electrons. The van der Waals surface area contributed by atoms with Crippen molar-refractivity contribution in [3.8, 4) is 0 Å². The van der Waals surface area contributed by atoms with Crippen LogP contribution in [0.15, 0.2) is 29.2 Å². The topological polar surface area (TPSA) is 86.5 Å². The molecule has 0 aromatic heterocycles. The van der Waals surface area contributed by atoms with E-state index in [0.29, 0.717) is 5.56 Å². The minimum Gasteiger partial charge on any atom is -0.468 e. The van der Waals surface area contributed by atoms with Crippen LogP contribution in [0.2, 0.25) is 0 Å². The quantitative estimate of drug-likeness (QED) is 0.823. The van der Waals surface area contributed by atoms with Gasteiger partial charge in [0.25, 0.3) is 0 Å². The fraction of sp³-hybridized carbons (Fsp3) is 0.300. The Bertz CT molecular complexity index is 484. The number of ether oxygens (including phenoxy) is 1. The summed E-state index contributed by atoms with van der Waals surface area (Å²) in [5, 5.41) is 0. The van der Waals surface area contributed by atoms with Crippen molar-refractivity contribution in [2.75, 3.05) is 13.4 Å². The van der Waals surface area contributed by atoms with Gasteiger partial charge in [0.05, 0.1) is 12.0 Å². The van der Waals surface area contributed by atoms with E-state index in [0.717, 1.165) is 6.26 Å². The molecule has 0 aliphatic heterocycles. The first-order chi connectivity index (χ1) is 7.36. The molecule has 1 aromatic carbocycles. The molecule has 1 atom stereocenters. The first-order valence-corrected chi connectivity index (χ1v) is 6.39. The second kappa shape index (κ2) is 6.00. The molecule has 0 aliphatic rings. The monoisotopic (exact) mass is 279 g/mol. The molecule has 7 heteroatoms. The fourth-order valence-electron chi connectivity index (χ4n) is 1.19. The zero-order chi connectivity index (χ0) is 12.3. The molecule has 1 aromatic rings. The highest BCUT2D eigenvalue weighted by Crippen LogP contribution is 2.15. The van der Waals surface area contributed by atoms with E-state index < -0.39 is 21.8 Å². The molecule has 0 saturated carbocycles. The maximum atomic E-state index is 11.2. The van der Waals surface area contributed by atoms with Gasteiger partial charge in [0.1, 0.15) is 6.04 Å². The van der Waals surface area contributed by atoms with Crippen LogP contribution in [0.3, 0.4) is 0 Å². The number of carbonyl (C=O) groups excluding carboxylic acids is 1. The van der Waals surface area contributed by atoms with E-state index >= 15 is 0 Å². The van der Waals surface area contributed by atoms with Crippen LogP contribution in [0.25, 0.3) is 0 Å². The van der Waals surface area contributed by atoms with Crippen LogP contribution >= 0.6 is 12.4 Å². The number of carbonyl (C=O) groups is 1. The largest absolute Gasteiger partial charge is 0.468 e. The molecule has 17 heavy (non-hydrogen) atoms. The van der Waals surface area contributed by atoms with Crippen LogP contribution in [0.4, 0.5) is 0 Å². The first kappa shape index (κ1) is 15.9. The van der Waals surface area contributed by atoms with Crippen molar-refractivity contribution in [2.45, 2.75) is 10.9 Å². The number of sulfone groups is 1. The zero-order valence-corrected chi connectivity index (χ0v) is 11.0. The van der Waals surface area contributed by atoms with Gasteiger partial charge < -0.3 is 10.5 Å². The summed E-state index contributed by atoms with van der Waals surface area (Å²) in [6.07, 6.45) is 1.11. The maximum absolute atomic E-state index is 11.2. The number of hydrogen-bond donors (Lipinski definition) is 1. The Hall–Kier alpha value is -1.11. The normalized spacial score (nSPS) is 12.4. The number of benzene rings is 1. The highest BCUT2D eigenvalue weighted by atomic mass is 35.5. The summed E-state index contributed by atoms with van der Waals surface area (Å²) in [6, 6.07) is 4.93. The number of methoxy groups -OCH3 is 1. The predicted octanol–water partition coefficient (Wildman–Crippen LogP) is 0.685. The second-order valence-corrected chi connectivity index (χ2v) is 5.36. The first-order valence-electron chi connectivity index (χ1n) is 4.49. The van der Waals surface area contributed by atoms with E-state index in [1.807, 2.05) is 0 Å². The van der Waals surface area contributed by atoms with Gasteiger partial charge in [0.15, 0.2) is 9.84 Å². The van der Waals surface area contributed by atoms with Gasteiger partial charge in [0, 0.05) is 6.26 Å². The van der Waals surface area contributed by atoms with E-state index in [1.54, 1.807) is 0 Å². The summed E-state index contributed by atoms with van der Waals surface area (Å²) >= 11 is 0. The standard InChI is InChI=1S/C10H13NO4S.ClH/c1-15-10(12)9(11)7-3-5-8(6-4-7)16(2,13)14;/h3-6,9H,11H2,1-2H3;1H. The predicted molar refractivity (Wildman–Crippen MR) is 65.7 cm³/mol. The number of nitrogens with two attached hydrogens (primary N) is 1. The van der Waals surface area contributed by atoms with Crippen molar-refractivity contribution >= 4 is 28.2 Å². The smallest absolute Gasteiger partial charge is 0.327 e. The highest BCUT2D eigenvalue weighted by molar-refractivity contribution is 7.90. The highest BCUT2D eigenvalue weighted by Gasteiger charge is 2.16. The minimum atomic E-state index is -3.23. The fourth-order valence-corrected chi connectivity index (χ4v) is 1.82. The third-order valence-corrected chi connectivity index (χ3v) is 3.25. The summed E-state index contributed by atoms with van der Waals surface area (Å²) in [5.41, 5.74) is 6.10. The molecule has 0 heterocycles. The lowest BCUT2D eigenvalue weighted by molar-refractivity contribution is -0.142. The van der Waals surface area contributed by atoms with Crippen LogP contribution in [-0.4, -0.2) is 27.8 Å². The van der Waals surface area contributed by atoms with Gasteiger partial charge in [-0.25, -0.2) is 8.42 Å². The molecule has 0 amide bonds. The Balaban J connectivity index is 0.00000256. The zero-order valence-electron chi connectivity index (χ0n) is 9.41. The lowest BCUT2D eigenvalue weighted by Gasteiger charge is -2.09.